The number of anilines is 1. The van der Waals surface area contributed by atoms with Gasteiger partial charge in [0.05, 0.1) is 16.0 Å². The van der Waals surface area contributed by atoms with Gasteiger partial charge >= 0.3 is 0 Å². The van der Waals surface area contributed by atoms with Gasteiger partial charge in [0.1, 0.15) is 4.83 Å². The van der Waals surface area contributed by atoms with Crippen molar-refractivity contribution in [2.24, 2.45) is 11.1 Å². The van der Waals surface area contributed by atoms with E-state index in [-0.39, 0.29) is 22.1 Å². The van der Waals surface area contributed by atoms with Gasteiger partial charge in [-0.05, 0) is 49.1 Å². The summed E-state index contributed by atoms with van der Waals surface area (Å²) in [6, 6.07) is 5.56. The summed E-state index contributed by atoms with van der Waals surface area (Å²) in [5, 5.41) is 8.76. The largest absolute Gasteiger partial charge is 0.325 e. The van der Waals surface area contributed by atoms with Crippen molar-refractivity contribution in [2.75, 3.05) is 11.1 Å². The molecule has 166 valence electrons. The van der Waals surface area contributed by atoms with Crippen LogP contribution in [0.25, 0.3) is 10.2 Å². The second kappa shape index (κ2) is 9.51. The molecule has 0 aliphatic carbocycles. The Balaban J connectivity index is 1.69. The number of nitrogens with two attached hydrogens (primary N) is 1. The molecule has 0 saturated carbocycles. The molecule has 1 unspecified atom stereocenters. The molecule has 2 aromatic heterocycles. The second-order valence-corrected chi connectivity index (χ2v) is 11.0. The zero-order valence-corrected chi connectivity index (χ0v) is 19.8. The molecule has 0 aliphatic heterocycles. The molecule has 1 atom stereocenters. The Morgan fingerprint density at radius 2 is 2.00 bits per heavy atom. The van der Waals surface area contributed by atoms with Crippen LogP contribution in [0.15, 0.2) is 39.1 Å². The van der Waals surface area contributed by atoms with Crippen LogP contribution in [0.4, 0.5) is 5.69 Å². The van der Waals surface area contributed by atoms with Gasteiger partial charge < -0.3 is 10.3 Å². The van der Waals surface area contributed by atoms with Crippen molar-refractivity contribution in [1.29, 1.82) is 0 Å². The minimum atomic E-state index is -3.78. The number of nitrogens with one attached hydrogen (secondary N) is 2. The predicted molar refractivity (Wildman–Crippen MR) is 125 cm³/mol. The highest BCUT2D eigenvalue weighted by molar-refractivity contribution is 7.99. The fraction of sp³-hybridized carbons (Fsp3) is 0.350. The zero-order valence-electron chi connectivity index (χ0n) is 17.4. The molecule has 8 nitrogen and oxygen atoms in total. The summed E-state index contributed by atoms with van der Waals surface area (Å²) in [7, 11) is -3.78. The zero-order chi connectivity index (χ0) is 22.8. The summed E-state index contributed by atoms with van der Waals surface area (Å²) >= 11 is 2.63. The fourth-order valence-corrected chi connectivity index (χ4v) is 5.31. The first-order valence-electron chi connectivity index (χ1n) is 9.66. The number of fused-ring (bicyclic) bond motifs is 1. The first kappa shape index (κ1) is 23.5. The number of sulfonamides is 1. The third kappa shape index (κ3) is 5.73. The van der Waals surface area contributed by atoms with Gasteiger partial charge in [0.15, 0.2) is 5.16 Å². The van der Waals surface area contributed by atoms with Crippen molar-refractivity contribution in [1.82, 2.24) is 9.97 Å². The number of primary sulfonamides is 1. The molecule has 3 rings (SSSR count). The van der Waals surface area contributed by atoms with Crippen molar-refractivity contribution < 1.29 is 13.2 Å². The van der Waals surface area contributed by atoms with Crippen LogP contribution in [0.3, 0.4) is 0 Å². The number of aromatic amines is 1. The van der Waals surface area contributed by atoms with E-state index < -0.39 is 10.0 Å². The third-order valence-corrected chi connectivity index (χ3v) is 7.74. The normalized spacial score (nSPS) is 12.8. The van der Waals surface area contributed by atoms with Crippen molar-refractivity contribution in [3.8, 4) is 0 Å². The Morgan fingerprint density at radius 1 is 1.32 bits per heavy atom. The number of H-pyrrole nitrogens is 1. The lowest BCUT2D eigenvalue weighted by Gasteiger charge is -2.08. The molecule has 0 aliphatic rings. The first-order chi connectivity index (χ1) is 14.6. The number of benzene rings is 1. The van der Waals surface area contributed by atoms with Gasteiger partial charge in [-0.25, -0.2) is 18.5 Å². The molecule has 0 radical (unpaired) electrons. The molecular weight excluding hydrogens is 456 g/mol. The number of rotatable bonds is 8. The van der Waals surface area contributed by atoms with E-state index >= 15 is 0 Å². The van der Waals surface area contributed by atoms with E-state index in [0.717, 1.165) is 35.0 Å². The molecule has 0 spiro atoms. The van der Waals surface area contributed by atoms with E-state index in [1.165, 1.54) is 35.6 Å². The van der Waals surface area contributed by atoms with Gasteiger partial charge in [-0.15, -0.1) is 11.3 Å². The van der Waals surface area contributed by atoms with Crippen LogP contribution in [0, 0.1) is 12.8 Å². The number of nitrogens with zero attached hydrogens (tertiary/aromatic N) is 1. The van der Waals surface area contributed by atoms with Crippen molar-refractivity contribution in [2.45, 2.75) is 43.7 Å². The summed E-state index contributed by atoms with van der Waals surface area (Å²) in [5.74, 6) is 0.207. The SMILES string of the molecule is CCC(C)Cc1c(C)sc2nc(SCC(=O)Nc3ccc(S(N)(=O)=O)cc3)[nH]c(=O)c12. The van der Waals surface area contributed by atoms with E-state index in [4.69, 9.17) is 5.14 Å². The predicted octanol–water partition coefficient (Wildman–Crippen LogP) is 3.26. The summed E-state index contributed by atoms with van der Waals surface area (Å²) < 4.78 is 22.6. The number of aryl methyl sites for hydroxylation is 1. The standard InChI is InChI=1S/C20H24N4O4S3/c1-4-11(2)9-15-12(3)30-19-17(15)18(26)23-20(24-19)29-10-16(25)22-13-5-7-14(8-6-13)31(21,27)28/h5-8,11H,4,9-10H2,1-3H3,(H,22,25)(H2,21,27,28)(H,23,24,26). The van der Waals surface area contributed by atoms with Crippen molar-refractivity contribution >= 4 is 54.9 Å². The maximum atomic E-state index is 12.7. The number of carbonyl (C=O) groups is 1. The van der Waals surface area contributed by atoms with Crippen LogP contribution < -0.4 is 16.0 Å². The van der Waals surface area contributed by atoms with Crippen LogP contribution in [-0.4, -0.2) is 30.0 Å². The Kier molecular flexibility index (Phi) is 7.20. The van der Waals surface area contributed by atoms with Crippen LogP contribution in [0.5, 0.6) is 0 Å². The number of carbonyl (C=O) groups excluding carboxylic acids is 1. The molecule has 1 aromatic carbocycles. The minimum Gasteiger partial charge on any atom is -0.325 e. The lowest BCUT2D eigenvalue weighted by molar-refractivity contribution is -0.113. The van der Waals surface area contributed by atoms with Gasteiger partial charge in [-0.3, -0.25) is 9.59 Å². The average Bonchev–Trinajstić information content (AvgIpc) is 3.01. The van der Waals surface area contributed by atoms with Gasteiger partial charge in [0.2, 0.25) is 15.9 Å². The number of amides is 1. The van der Waals surface area contributed by atoms with Gasteiger partial charge in [-0.1, -0.05) is 32.0 Å². The Morgan fingerprint density at radius 3 is 2.61 bits per heavy atom. The number of hydrogen-bond acceptors (Lipinski definition) is 7. The van der Waals surface area contributed by atoms with Gasteiger partial charge in [0.25, 0.3) is 5.56 Å². The monoisotopic (exact) mass is 480 g/mol. The highest BCUT2D eigenvalue weighted by Gasteiger charge is 2.17. The molecule has 0 fully saturated rings. The van der Waals surface area contributed by atoms with Gasteiger partial charge in [-0.2, -0.15) is 0 Å². The molecule has 11 heteroatoms. The fourth-order valence-electron chi connectivity index (χ4n) is 3.02. The summed E-state index contributed by atoms with van der Waals surface area (Å²) in [6.45, 7) is 6.30. The Hall–Kier alpha value is -2.21. The van der Waals surface area contributed by atoms with E-state index in [0.29, 0.717) is 27.0 Å². The molecule has 0 saturated heterocycles. The molecular formula is C20H24N4O4S3. The molecule has 3 aromatic rings. The molecule has 0 bridgehead atoms. The molecule has 31 heavy (non-hydrogen) atoms. The third-order valence-electron chi connectivity index (χ3n) is 4.90. The maximum Gasteiger partial charge on any atom is 0.260 e. The van der Waals surface area contributed by atoms with Gasteiger partial charge in [0, 0.05) is 10.6 Å². The highest BCUT2D eigenvalue weighted by atomic mass is 32.2. The smallest absolute Gasteiger partial charge is 0.260 e. The van der Waals surface area contributed by atoms with Crippen LogP contribution in [-0.2, 0) is 21.2 Å². The van der Waals surface area contributed by atoms with Crippen molar-refractivity contribution in [3.05, 3.63) is 45.1 Å². The van der Waals surface area contributed by atoms with Crippen LogP contribution in [0.1, 0.15) is 30.7 Å². The lowest BCUT2D eigenvalue weighted by Crippen LogP contribution is -2.16. The quantitative estimate of drug-likeness (QED) is 0.334. The summed E-state index contributed by atoms with van der Waals surface area (Å²) in [6.07, 6.45) is 1.88. The molecule has 2 heterocycles. The summed E-state index contributed by atoms with van der Waals surface area (Å²) in [5.41, 5.74) is 1.31. The highest BCUT2D eigenvalue weighted by Crippen LogP contribution is 2.30. The minimum absolute atomic E-state index is 0.0334. The van der Waals surface area contributed by atoms with E-state index in [1.807, 2.05) is 6.92 Å². The molecule has 4 N–H and O–H groups in total. The van der Waals surface area contributed by atoms with Crippen LogP contribution in [0.2, 0.25) is 0 Å². The van der Waals surface area contributed by atoms with E-state index in [2.05, 4.69) is 29.1 Å². The number of thioether (sulfide) groups is 1. The maximum absolute atomic E-state index is 12.7. The Bertz CT molecular complexity index is 1260. The number of aromatic nitrogens is 2. The lowest BCUT2D eigenvalue weighted by atomic mass is 9.98. The number of hydrogen-bond donors (Lipinski definition) is 3. The average molecular weight is 481 g/mol. The van der Waals surface area contributed by atoms with E-state index in [9.17, 15) is 18.0 Å². The topological polar surface area (TPSA) is 135 Å². The first-order valence-corrected chi connectivity index (χ1v) is 13.0. The van der Waals surface area contributed by atoms with Crippen molar-refractivity contribution in [3.63, 3.8) is 0 Å². The molecule has 1 amide bonds. The van der Waals surface area contributed by atoms with E-state index in [1.54, 1.807) is 0 Å². The second-order valence-electron chi connectivity index (χ2n) is 7.31. The van der Waals surface area contributed by atoms with Crippen LogP contribution >= 0.6 is 23.1 Å². The Labute approximate surface area is 188 Å². The number of thiophene rings is 1. The summed E-state index contributed by atoms with van der Waals surface area (Å²) in [4.78, 5) is 34.0.